The molecule has 0 aliphatic carbocycles. The largest absolute Gasteiger partial charge is 0.387 e. The SMILES string of the molecule is Cc1ccc2[nH]ncc2c1C(=O)NCc1cccc(-n2cc(C(C)O)nn2)c1. The summed E-state index contributed by atoms with van der Waals surface area (Å²) < 4.78 is 1.60. The zero-order chi connectivity index (χ0) is 19.7. The number of benzene rings is 2. The number of aliphatic hydroxyl groups is 1. The minimum atomic E-state index is -0.676. The Balaban J connectivity index is 1.52. The summed E-state index contributed by atoms with van der Waals surface area (Å²) in [5.41, 5.74) is 4.59. The van der Waals surface area contributed by atoms with E-state index in [1.807, 2.05) is 43.3 Å². The van der Waals surface area contributed by atoms with Crippen molar-refractivity contribution in [1.29, 1.82) is 0 Å². The molecule has 8 heteroatoms. The van der Waals surface area contributed by atoms with Crippen LogP contribution in [0.1, 0.15) is 40.2 Å². The Morgan fingerprint density at radius 3 is 2.96 bits per heavy atom. The third-order valence-corrected chi connectivity index (χ3v) is 4.63. The first-order valence-corrected chi connectivity index (χ1v) is 8.93. The molecule has 0 bridgehead atoms. The number of fused-ring (bicyclic) bond motifs is 1. The van der Waals surface area contributed by atoms with Gasteiger partial charge in [-0.05, 0) is 43.2 Å². The first-order valence-electron chi connectivity index (χ1n) is 8.93. The Bertz CT molecular complexity index is 1140. The van der Waals surface area contributed by atoms with Crippen molar-refractivity contribution in [2.45, 2.75) is 26.5 Å². The Kier molecular flexibility index (Phi) is 4.62. The number of nitrogens with zero attached hydrogens (tertiary/aromatic N) is 4. The molecule has 3 N–H and O–H groups in total. The van der Waals surface area contributed by atoms with E-state index in [4.69, 9.17) is 0 Å². The maximum Gasteiger partial charge on any atom is 0.252 e. The van der Waals surface area contributed by atoms with Crippen molar-refractivity contribution in [2.24, 2.45) is 0 Å². The van der Waals surface area contributed by atoms with Gasteiger partial charge < -0.3 is 10.4 Å². The van der Waals surface area contributed by atoms with Gasteiger partial charge in [0.05, 0.1) is 35.3 Å². The quantitative estimate of drug-likeness (QED) is 0.496. The summed E-state index contributed by atoms with van der Waals surface area (Å²) in [5.74, 6) is -0.146. The van der Waals surface area contributed by atoms with E-state index in [0.29, 0.717) is 17.8 Å². The molecule has 0 saturated heterocycles. The van der Waals surface area contributed by atoms with Crippen LogP contribution in [0.15, 0.2) is 48.8 Å². The number of aryl methyl sites for hydroxylation is 1. The first kappa shape index (κ1) is 17.9. The number of aliphatic hydroxyl groups excluding tert-OH is 1. The van der Waals surface area contributed by atoms with Crippen molar-refractivity contribution >= 4 is 16.8 Å². The first-order chi connectivity index (χ1) is 13.5. The number of hydrogen-bond donors (Lipinski definition) is 3. The second-order valence-electron chi connectivity index (χ2n) is 6.71. The molecule has 4 aromatic rings. The van der Waals surface area contributed by atoms with Gasteiger partial charge in [-0.3, -0.25) is 9.89 Å². The summed E-state index contributed by atoms with van der Waals surface area (Å²) in [6, 6.07) is 11.5. The summed E-state index contributed by atoms with van der Waals surface area (Å²) in [4.78, 5) is 12.8. The van der Waals surface area contributed by atoms with E-state index in [1.165, 1.54) is 0 Å². The van der Waals surface area contributed by atoms with Crippen LogP contribution in [-0.4, -0.2) is 36.2 Å². The zero-order valence-electron chi connectivity index (χ0n) is 15.5. The highest BCUT2D eigenvalue weighted by Gasteiger charge is 2.14. The predicted octanol–water partition coefficient (Wildman–Crippen LogP) is 2.44. The lowest BCUT2D eigenvalue weighted by molar-refractivity contribution is 0.0952. The molecule has 0 aliphatic rings. The number of aromatic amines is 1. The average Bonchev–Trinajstić information content (AvgIpc) is 3.36. The molecule has 0 aliphatic heterocycles. The van der Waals surface area contributed by atoms with Crippen LogP contribution in [0.4, 0.5) is 0 Å². The van der Waals surface area contributed by atoms with Gasteiger partial charge >= 0.3 is 0 Å². The van der Waals surface area contributed by atoms with Crippen molar-refractivity contribution in [3.63, 3.8) is 0 Å². The van der Waals surface area contributed by atoms with E-state index in [-0.39, 0.29) is 5.91 Å². The summed E-state index contributed by atoms with van der Waals surface area (Å²) >= 11 is 0. The highest BCUT2D eigenvalue weighted by Crippen LogP contribution is 2.20. The lowest BCUT2D eigenvalue weighted by Gasteiger charge is -2.10. The van der Waals surface area contributed by atoms with E-state index < -0.39 is 6.10 Å². The van der Waals surface area contributed by atoms with Crippen molar-refractivity contribution < 1.29 is 9.90 Å². The third kappa shape index (κ3) is 3.37. The fourth-order valence-electron chi connectivity index (χ4n) is 3.10. The lowest BCUT2D eigenvalue weighted by atomic mass is 10.0. The Morgan fingerprint density at radius 2 is 2.18 bits per heavy atom. The molecule has 0 fully saturated rings. The maximum atomic E-state index is 12.8. The number of H-pyrrole nitrogens is 1. The Morgan fingerprint density at radius 1 is 1.32 bits per heavy atom. The van der Waals surface area contributed by atoms with Crippen molar-refractivity contribution in [2.75, 3.05) is 0 Å². The van der Waals surface area contributed by atoms with E-state index in [2.05, 4.69) is 25.8 Å². The summed E-state index contributed by atoms with van der Waals surface area (Å²) in [7, 11) is 0. The number of rotatable bonds is 5. The molecule has 1 unspecified atom stereocenters. The average molecular weight is 376 g/mol. The minimum Gasteiger partial charge on any atom is -0.387 e. The number of amides is 1. The smallest absolute Gasteiger partial charge is 0.252 e. The molecular formula is C20H20N6O2. The van der Waals surface area contributed by atoms with Crippen LogP contribution in [0.2, 0.25) is 0 Å². The van der Waals surface area contributed by atoms with Crippen LogP contribution in [0.25, 0.3) is 16.6 Å². The molecule has 2 aromatic carbocycles. The topological polar surface area (TPSA) is 109 Å². The van der Waals surface area contributed by atoms with Gasteiger partial charge in [-0.25, -0.2) is 4.68 Å². The van der Waals surface area contributed by atoms with Gasteiger partial charge in [0.25, 0.3) is 5.91 Å². The molecule has 2 aromatic heterocycles. The number of nitrogens with one attached hydrogen (secondary N) is 2. The van der Waals surface area contributed by atoms with E-state index in [1.54, 1.807) is 24.0 Å². The normalized spacial score (nSPS) is 12.2. The van der Waals surface area contributed by atoms with E-state index >= 15 is 0 Å². The van der Waals surface area contributed by atoms with Crippen molar-refractivity contribution in [1.82, 2.24) is 30.5 Å². The fourth-order valence-corrected chi connectivity index (χ4v) is 3.10. The van der Waals surface area contributed by atoms with E-state index in [9.17, 15) is 9.90 Å². The fraction of sp³-hybridized carbons (Fsp3) is 0.200. The number of carbonyl (C=O) groups is 1. The van der Waals surface area contributed by atoms with Gasteiger partial charge in [0, 0.05) is 11.9 Å². The van der Waals surface area contributed by atoms with Crippen LogP contribution in [0.5, 0.6) is 0 Å². The summed E-state index contributed by atoms with van der Waals surface area (Å²) in [6.45, 7) is 3.92. The highest BCUT2D eigenvalue weighted by molar-refractivity contribution is 6.07. The third-order valence-electron chi connectivity index (χ3n) is 4.63. The second-order valence-corrected chi connectivity index (χ2v) is 6.71. The van der Waals surface area contributed by atoms with Crippen LogP contribution < -0.4 is 5.32 Å². The molecule has 28 heavy (non-hydrogen) atoms. The van der Waals surface area contributed by atoms with Gasteiger partial charge in [-0.1, -0.05) is 23.4 Å². The summed E-state index contributed by atoms with van der Waals surface area (Å²) in [5, 5.41) is 28.3. The monoisotopic (exact) mass is 376 g/mol. The van der Waals surface area contributed by atoms with Crippen molar-refractivity contribution in [3.05, 3.63) is 71.2 Å². The Hall–Kier alpha value is -3.52. The van der Waals surface area contributed by atoms with Crippen LogP contribution in [0, 0.1) is 6.92 Å². The van der Waals surface area contributed by atoms with Gasteiger partial charge in [0.2, 0.25) is 0 Å². The Labute approximate surface area is 161 Å². The molecule has 1 amide bonds. The minimum absolute atomic E-state index is 0.146. The molecule has 2 heterocycles. The van der Waals surface area contributed by atoms with Gasteiger partial charge in [-0.2, -0.15) is 5.10 Å². The van der Waals surface area contributed by atoms with Gasteiger partial charge in [-0.15, -0.1) is 5.10 Å². The number of aromatic nitrogens is 5. The number of hydrogen-bond acceptors (Lipinski definition) is 5. The molecule has 8 nitrogen and oxygen atoms in total. The molecule has 4 rings (SSSR count). The second kappa shape index (κ2) is 7.24. The lowest BCUT2D eigenvalue weighted by Crippen LogP contribution is -2.24. The highest BCUT2D eigenvalue weighted by atomic mass is 16.3. The molecule has 0 spiro atoms. The molecular weight excluding hydrogens is 356 g/mol. The molecule has 1 atom stereocenters. The maximum absolute atomic E-state index is 12.8. The standard InChI is InChI=1S/C20H20N6O2/c1-12-6-7-17-16(10-22-23-17)19(12)20(28)21-9-14-4-3-5-15(8-14)26-11-18(13(2)27)24-25-26/h3-8,10-11,13,27H,9H2,1-2H3,(H,21,28)(H,22,23). The summed E-state index contributed by atoms with van der Waals surface area (Å²) in [6.07, 6.45) is 2.68. The van der Waals surface area contributed by atoms with E-state index in [0.717, 1.165) is 27.7 Å². The van der Waals surface area contributed by atoms with Crippen molar-refractivity contribution in [3.8, 4) is 5.69 Å². The predicted molar refractivity (Wildman–Crippen MR) is 104 cm³/mol. The van der Waals surface area contributed by atoms with Crippen LogP contribution in [-0.2, 0) is 6.54 Å². The van der Waals surface area contributed by atoms with Gasteiger partial charge in [0.1, 0.15) is 5.69 Å². The van der Waals surface area contributed by atoms with Crippen LogP contribution >= 0.6 is 0 Å². The number of carbonyl (C=O) groups excluding carboxylic acids is 1. The molecule has 0 saturated carbocycles. The van der Waals surface area contributed by atoms with Gasteiger partial charge in [0.15, 0.2) is 0 Å². The molecule has 142 valence electrons. The zero-order valence-corrected chi connectivity index (χ0v) is 15.5. The molecule has 0 radical (unpaired) electrons. The van der Waals surface area contributed by atoms with Crippen LogP contribution in [0.3, 0.4) is 0 Å².